The highest BCUT2D eigenvalue weighted by Gasteiger charge is 2.07. The molecule has 2 rings (SSSR count). The number of amides is 2. The van der Waals surface area contributed by atoms with E-state index in [4.69, 9.17) is 0 Å². The Hall–Kier alpha value is -2.66. The maximum Gasteiger partial charge on any atom is 0.265 e. The van der Waals surface area contributed by atoms with Gasteiger partial charge in [0.15, 0.2) is 0 Å². The van der Waals surface area contributed by atoms with Gasteiger partial charge >= 0.3 is 0 Å². The number of hydrogen-bond donors (Lipinski definition) is 3. The summed E-state index contributed by atoms with van der Waals surface area (Å²) in [6.07, 6.45) is 18.8. The molecule has 0 aliphatic heterocycles. The number of hydrogen-bond acceptors (Lipinski definition) is 3. The van der Waals surface area contributed by atoms with Crippen LogP contribution in [0.4, 0.5) is 0 Å². The van der Waals surface area contributed by atoms with Crippen molar-refractivity contribution in [1.82, 2.24) is 16.2 Å². The first-order valence-corrected chi connectivity index (χ1v) is 14.2. The maximum absolute atomic E-state index is 12.3. The Labute approximate surface area is 218 Å². The van der Waals surface area contributed by atoms with E-state index in [1.54, 1.807) is 24.3 Å². The van der Waals surface area contributed by atoms with Crippen molar-refractivity contribution in [2.45, 2.75) is 103 Å². The van der Waals surface area contributed by atoms with Crippen LogP contribution in [0.2, 0.25) is 0 Å². The Kier molecular flexibility index (Phi) is 16.0. The molecule has 2 aromatic carbocycles. The number of hydrazine groups is 1. The van der Waals surface area contributed by atoms with Crippen molar-refractivity contribution in [3.63, 3.8) is 0 Å². The predicted octanol–water partition coefficient (Wildman–Crippen LogP) is 7.33. The molecule has 0 saturated carbocycles. The summed E-state index contributed by atoms with van der Waals surface area (Å²) < 4.78 is 0. The first-order chi connectivity index (χ1) is 17.7. The average molecular weight is 494 g/mol. The van der Waals surface area contributed by atoms with Gasteiger partial charge in [-0.2, -0.15) is 0 Å². The first-order valence-electron chi connectivity index (χ1n) is 14.2. The highest BCUT2D eigenvalue weighted by Crippen LogP contribution is 2.13. The van der Waals surface area contributed by atoms with Gasteiger partial charge in [0.2, 0.25) is 0 Å². The molecule has 3 N–H and O–H groups in total. The molecule has 0 aliphatic carbocycles. The third-order valence-corrected chi connectivity index (χ3v) is 6.56. The second-order valence-electron chi connectivity index (χ2n) is 9.72. The van der Waals surface area contributed by atoms with E-state index in [0.29, 0.717) is 17.7 Å². The molecule has 0 bridgehead atoms. The summed E-state index contributed by atoms with van der Waals surface area (Å²) in [5, 5.41) is 2.90. The van der Waals surface area contributed by atoms with E-state index >= 15 is 0 Å². The summed E-state index contributed by atoms with van der Waals surface area (Å²) in [5.74, 6) is -0.245. The van der Waals surface area contributed by atoms with Gasteiger partial charge in [0.1, 0.15) is 0 Å². The predicted molar refractivity (Wildman–Crippen MR) is 150 cm³/mol. The van der Waals surface area contributed by atoms with Crippen molar-refractivity contribution in [3.8, 4) is 0 Å². The molecule has 0 aromatic heterocycles. The molecule has 0 heterocycles. The maximum atomic E-state index is 12.3. The minimum Gasteiger partial charge on any atom is -0.348 e. The van der Waals surface area contributed by atoms with Crippen LogP contribution in [0.1, 0.15) is 123 Å². The van der Waals surface area contributed by atoms with E-state index in [-0.39, 0.29) is 11.8 Å². The first kappa shape index (κ1) is 29.6. The van der Waals surface area contributed by atoms with Crippen LogP contribution in [0, 0.1) is 0 Å². The molecule has 0 spiro atoms. The lowest BCUT2D eigenvalue weighted by Crippen LogP contribution is -2.37. The number of rotatable bonds is 20. The number of nitrogens with one attached hydrogen (secondary N) is 3. The van der Waals surface area contributed by atoms with Gasteiger partial charge in [-0.15, -0.1) is 0 Å². The van der Waals surface area contributed by atoms with Gasteiger partial charge in [-0.3, -0.25) is 15.0 Å². The molecular weight excluding hydrogens is 446 g/mol. The molecule has 0 unspecified atom stereocenters. The highest BCUT2D eigenvalue weighted by atomic mass is 16.2. The van der Waals surface area contributed by atoms with Crippen LogP contribution in [0.3, 0.4) is 0 Å². The van der Waals surface area contributed by atoms with Gasteiger partial charge in [-0.1, -0.05) is 121 Å². The molecule has 36 heavy (non-hydrogen) atoms. The van der Waals surface area contributed by atoms with Crippen molar-refractivity contribution in [3.05, 3.63) is 71.3 Å². The van der Waals surface area contributed by atoms with Crippen LogP contribution in [0.5, 0.6) is 0 Å². The summed E-state index contributed by atoms with van der Waals surface area (Å²) in [5.41, 5.74) is 8.01. The molecule has 2 aromatic rings. The van der Waals surface area contributed by atoms with Crippen molar-refractivity contribution >= 4 is 11.8 Å². The number of benzene rings is 2. The fraction of sp³-hybridized carbons (Fsp3) is 0.548. The van der Waals surface area contributed by atoms with Gasteiger partial charge in [0.25, 0.3) is 11.8 Å². The lowest BCUT2D eigenvalue weighted by Gasteiger charge is -2.09. The fourth-order valence-electron chi connectivity index (χ4n) is 4.27. The minimum absolute atomic E-state index is 0.106. The molecule has 0 atom stereocenters. The van der Waals surface area contributed by atoms with Crippen LogP contribution in [-0.2, 0) is 6.54 Å². The Morgan fingerprint density at radius 2 is 1.08 bits per heavy atom. The largest absolute Gasteiger partial charge is 0.348 e. The Morgan fingerprint density at radius 1 is 0.583 bits per heavy atom. The number of carbonyl (C=O) groups is 2. The monoisotopic (exact) mass is 493 g/mol. The zero-order chi connectivity index (χ0) is 25.7. The molecule has 0 fully saturated rings. The van der Waals surface area contributed by atoms with Gasteiger partial charge in [0.05, 0.1) is 0 Å². The molecule has 0 aliphatic rings. The van der Waals surface area contributed by atoms with Crippen LogP contribution in [-0.4, -0.2) is 18.4 Å². The summed E-state index contributed by atoms with van der Waals surface area (Å²) in [7, 11) is 0. The zero-order valence-electron chi connectivity index (χ0n) is 22.3. The van der Waals surface area contributed by atoms with Crippen LogP contribution < -0.4 is 16.2 Å². The summed E-state index contributed by atoms with van der Waals surface area (Å²) in [6, 6.07) is 16.5. The lowest BCUT2D eigenvalue weighted by molar-refractivity contribution is 0.0929. The Balaban J connectivity index is 1.43. The normalized spacial score (nSPS) is 10.8. The molecular formula is C31H47N3O2. The Bertz CT molecular complexity index is 837. The van der Waals surface area contributed by atoms with Gasteiger partial charge in [0, 0.05) is 24.2 Å². The van der Waals surface area contributed by atoms with Gasteiger partial charge < -0.3 is 5.32 Å². The van der Waals surface area contributed by atoms with E-state index in [9.17, 15) is 9.59 Å². The standard InChI is InChI=1S/C31H47N3O2/c1-2-3-4-5-6-7-8-9-10-11-12-13-14-18-25-33-34-31(36)29-23-21-27(22-24-29)26-32-30(35)28-19-16-15-17-20-28/h15-17,19-24,33H,2-14,18,25-26H2,1H3,(H,32,35)(H,34,36). The van der Waals surface area contributed by atoms with E-state index in [1.807, 2.05) is 30.3 Å². The second kappa shape index (κ2) is 19.5. The van der Waals surface area contributed by atoms with E-state index in [2.05, 4.69) is 23.1 Å². The van der Waals surface area contributed by atoms with Crippen molar-refractivity contribution in [1.29, 1.82) is 0 Å². The van der Waals surface area contributed by atoms with Crippen LogP contribution in [0.25, 0.3) is 0 Å². The Morgan fingerprint density at radius 3 is 1.64 bits per heavy atom. The van der Waals surface area contributed by atoms with Crippen molar-refractivity contribution in [2.75, 3.05) is 6.54 Å². The SMILES string of the molecule is CCCCCCCCCCCCCCCCNNC(=O)c1ccc(CNC(=O)c2ccccc2)cc1. The smallest absolute Gasteiger partial charge is 0.265 e. The van der Waals surface area contributed by atoms with E-state index < -0.39 is 0 Å². The van der Waals surface area contributed by atoms with Crippen molar-refractivity contribution < 1.29 is 9.59 Å². The summed E-state index contributed by atoms with van der Waals surface area (Å²) in [4.78, 5) is 24.4. The fourth-order valence-corrected chi connectivity index (χ4v) is 4.27. The molecule has 2 amide bonds. The minimum atomic E-state index is -0.139. The quantitative estimate of drug-likeness (QED) is 0.134. The van der Waals surface area contributed by atoms with Crippen LogP contribution >= 0.6 is 0 Å². The number of carbonyl (C=O) groups excluding carboxylic acids is 2. The van der Waals surface area contributed by atoms with E-state index in [0.717, 1.165) is 18.5 Å². The van der Waals surface area contributed by atoms with Crippen LogP contribution in [0.15, 0.2) is 54.6 Å². The van der Waals surface area contributed by atoms with Gasteiger partial charge in [-0.05, 0) is 36.2 Å². The summed E-state index contributed by atoms with van der Waals surface area (Å²) in [6.45, 7) is 3.48. The number of unbranched alkanes of at least 4 members (excludes halogenated alkanes) is 13. The van der Waals surface area contributed by atoms with Gasteiger partial charge in [-0.25, -0.2) is 5.43 Å². The molecule has 0 radical (unpaired) electrons. The molecule has 5 nitrogen and oxygen atoms in total. The average Bonchev–Trinajstić information content (AvgIpc) is 2.92. The molecule has 198 valence electrons. The topological polar surface area (TPSA) is 70.2 Å². The second-order valence-corrected chi connectivity index (χ2v) is 9.72. The molecule has 5 heteroatoms. The third-order valence-electron chi connectivity index (χ3n) is 6.56. The van der Waals surface area contributed by atoms with E-state index in [1.165, 1.54) is 83.5 Å². The lowest BCUT2D eigenvalue weighted by atomic mass is 10.0. The zero-order valence-corrected chi connectivity index (χ0v) is 22.3. The summed E-state index contributed by atoms with van der Waals surface area (Å²) >= 11 is 0. The highest BCUT2D eigenvalue weighted by molar-refractivity contribution is 5.94. The third kappa shape index (κ3) is 13.4. The van der Waals surface area contributed by atoms with Crippen molar-refractivity contribution in [2.24, 2.45) is 0 Å². The molecule has 0 saturated heterocycles.